The molecule has 0 spiro atoms. The van der Waals surface area contributed by atoms with Gasteiger partial charge < -0.3 is 10.1 Å². The van der Waals surface area contributed by atoms with Crippen LogP contribution < -0.4 is 5.32 Å². The highest BCUT2D eigenvalue weighted by Gasteiger charge is 2.02. The molecular weight excluding hydrogens is 334 g/mol. The molecule has 3 heteroatoms. The lowest BCUT2D eigenvalue weighted by Crippen LogP contribution is -2.22. The summed E-state index contributed by atoms with van der Waals surface area (Å²) in [6, 6.07) is 0. The Morgan fingerprint density at radius 1 is 0.741 bits per heavy atom. The molecule has 0 rings (SSSR count). The first kappa shape index (κ1) is 26.4. The molecular formula is C24H49NO2. The first-order chi connectivity index (χ1) is 13.2. The summed E-state index contributed by atoms with van der Waals surface area (Å²) >= 11 is 0. The van der Waals surface area contributed by atoms with Crippen molar-refractivity contribution in [1.82, 2.24) is 5.32 Å². The predicted octanol–water partition coefficient (Wildman–Crippen LogP) is 7.04. The maximum Gasteiger partial charge on any atom is 0.305 e. The smallest absolute Gasteiger partial charge is 0.305 e. The van der Waals surface area contributed by atoms with Gasteiger partial charge in [0.25, 0.3) is 0 Å². The van der Waals surface area contributed by atoms with E-state index in [9.17, 15) is 4.79 Å². The third-order valence-electron chi connectivity index (χ3n) is 5.16. The zero-order chi connectivity index (χ0) is 20.0. The van der Waals surface area contributed by atoms with Crippen molar-refractivity contribution in [3.8, 4) is 0 Å². The van der Waals surface area contributed by atoms with Crippen molar-refractivity contribution >= 4 is 5.97 Å². The summed E-state index contributed by atoms with van der Waals surface area (Å²) in [5, 5.41) is 3.29. The van der Waals surface area contributed by atoms with Gasteiger partial charge in [-0.15, -0.1) is 0 Å². The van der Waals surface area contributed by atoms with E-state index >= 15 is 0 Å². The molecule has 0 aromatic rings. The fraction of sp³-hybridized carbons (Fsp3) is 0.958. The summed E-state index contributed by atoms with van der Waals surface area (Å²) in [4.78, 5) is 11.6. The number of nitrogens with one attached hydrogen (secondary N) is 1. The zero-order valence-electron chi connectivity index (χ0n) is 18.8. The molecule has 0 heterocycles. The maximum absolute atomic E-state index is 11.6. The second-order valence-electron chi connectivity index (χ2n) is 8.50. The molecule has 27 heavy (non-hydrogen) atoms. The second kappa shape index (κ2) is 21.7. The van der Waals surface area contributed by atoms with Gasteiger partial charge in [0.05, 0.1) is 0 Å². The molecule has 0 aliphatic rings. The monoisotopic (exact) mass is 383 g/mol. The van der Waals surface area contributed by atoms with Gasteiger partial charge in [-0.05, 0) is 25.3 Å². The minimum absolute atomic E-state index is 0.0271. The normalized spacial score (nSPS) is 11.3. The molecule has 0 atom stereocenters. The van der Waals surface area contributed by atoms with Crippen LogP contribution in [0.4, 0.5) is 0 Å². The van der Waals surface area contributed by atoms with Gasteiger partial charge in [-0.3, -0.25) is 4.79 Å². The summed E-state index contributed by atoms with van der Waals surface area (Å²) in [6.07, 6.45) is 20.4. The molecule has 0 bridgehead atoms. The van der Waals surface area contributed by atoms with Crippen LogP contribution in [-0.2, 0) is 9.53 Å². The Hall–Kier alpha value is -0.570. The van der Waals surface area contributed by atoms with Crippen molar-refractivity contribution < 1.29 is 9.53 Å². The highest BCUT2D eigenvalue weighted by Crippen LogP contribution is 2.14. The van der Waals surface area contributed by atoms with Crippen LogP contribution in [-0.4, -0.2) is 25.7 Å². The number of esters is 1. The van der Waals surface area contributed by atoms with Crippen LogP contribution in [0, 0.1) is 5.92 Å². The first-order valence-corrected chi connectivity index (χ1v) is 12.0. The Morgan fingerprint density at radius 3 is 1.78 bits per heavy atom. The molecule has 0 amide bonds. The van der Waals surface area contributed by atoms with E-state index in [1.54, 1.807) is 0 Å². The summed E-state index contributed by atoms with van der Waals surface area (Å²) in [5.74, 6) is 0.842. The van der Waals surface area contributed by atoms with Crippen molar-refractivity contribution in [3.63, 3.8) is 0 Å². The number of carbonyl (C=O) groups excluding carboxylic acids is 1. The standard InChI is InChI=1S/C24H49NO2/c1-4-5-20-25-21-22-27-24(26)19-17-15-13-11-9-7-6-8-10-12-14-16-18-23(2)3/h23,25H,4-22H2,1-3H3. The summed E-state index contributed by atoms with van der Waals surface area (Å²) in [6.45, 7) is 9.13. The molecule has 3 nitrogen and oxygen atoms in total. The summed E-state index contributed by atoms with van der Waals surface area (Å²) < 4.78 is 5.24. The highest BCUT2D eigenvalue weighted by molar-refractivity contribution is 5.69. The van der Waals surface area contributed by atoms with Gasteiger partial charge in [-0.25, -0.2) is 0 Å². The third-order valence-corrected chi connectivity index (χ3v) is 5.16. The van der Waals surface area contributed by atoms with Gasteiger partial charge >= 0.3 is 5.97 Å². The number of ether oxygens (including phenoxy) is 1. The summed E-state index contributed by atoms with van der Waals surface area (Å²) in [5.41, 5.74) is 0. The van der Waals surface area contributed by atoms with Crippen molar-refractivity contribution in [1.29, 1.82) is 0 Å². The van der Waals surface area contributed by atoms with E-state index in [0.29, 0.717) is 13.0 Å². The van der Waals surface area contributed by atoms with E-state index in [1.807, 2.05) is 0 Å². The van der Waals surface area contributed by atoms with E-state index in [0.717, 1.165) is 25.4 Å². The van der Waals surface area contributed by atoms with Crippen molar-refractivity contribution in [3.05, 3.63) is 0 Å². The molecule has 0 aromatic carbocycles. The summed E-state index contributed by atoms with van der Waals surface area (Å²) in [7, 11) is 0. The molecule has 0 aromatic heterocycles. The molecule has 0 fully saturated rings. The molecule has 1 N–H and O–H groups in total. The van der Waals surface area contributed by atoms with E-state index in [2.05, 4.69) is 26.1 Å². The van der Waals surface area contributed by atoms with E-state index in [1.165, 1.54) is 89.9 Å². The Kier molecular flexibility index (Phi) is 21.3. The van der Waals surface area contributed by atoms with Crippen LogP contribution >= 0.6 is 0 Å². The van der Waals surface area contributed by atoms with Crippen molar-refractivity contribution in [2.24, 2.45) is 5.92 Å². The number of rotatable bonds is 21. The van der Waals surface area contributed by atoms with Crippen LogP contribution in [0.5, 0.6) is 0 Å². The number of unbranched alkanes of at least 4 members (excludes halogenated alkanes) is 12. The third kappa shape index (κ3) is 23.4. The molecule has 0 unspecified atom stereocenters. The van der Waals surface area contributed by atoms with E-state index < -0.39 is 0 Å². The minimum atomic E-state index is -0.0271. The molecule has 0 saturated carbocycles. The molecule has 0 saturated heterocycles. The fourth-order valence-corrected chi connectivity index (χ4v) is 3.33. The highest BCUT2D eigenvalue weighted by atomic mass is 16.5. The number of carbonyl (C=O) groups is 1. The van der Waals surface area contributed by atoms with E-state index in [4.69, 9.17) is 4.74 Å². The topological polar surface area (TPSA) is 38.3 Å². The van der Waals surface area contributed by atoms with Crippen LogP contribution in [0.15, 0.2) is 0 Å². The zero-order valence-corrected chi connectivity index (χ0v) is 18.8. The van der Waals surface area contributed by atoms with Crippen molar-refractivity contribution in [2.75, 3.05) is 19.7 Å². The SMILES string of the molecule is CCCCNCCOC(=O)CCCCCCCCCCCCCCC(C)C. The Labute approximate surface area is 170 Å². The number of hydrogen-bond acceptors (Lipinski definition) is 3. The van der Waals surface area contributed by atoms with Crippen molar-refractivity contribution in [2.45, 2.75) is 124 Å². The van der Waals surface area contributed by atoms with Gasteiger partial charge in [-0.2, -0.15) is 0 Å². The Bertz CT molecular complexity index is 305. The molecule has 0 aliphatic carbocycles. The second-order valence-corrected chi connectivity index (χ2v) is 8.50. The Morgan fingerprint density at radius 2 is 1.26 bits per heavy atom. The average molecular weight is 384 g/mol. The fourth-order valence-electron chi connectivity index (χ4n) is 3.33. The molecule has 162 valence electrons. The average Bonchev–Trinajstić information content (AvgIpc) is 2.64. The van der Waals surface area contributed by atoms with Crippen LogP contribution in [0.1, 0.15) is 124 Å². The maximum atomic E-state index is 11.6. The van der Waals surface area contributed by atoms with Gasteiger partial charge in [-0.1, -0.05) is 104 Å². The van der Waals surface area contributed by atoms with Crippen LogP contribution in [0.2, 0.25) is 0 Å². The molecule has 0 radical (unpaired) electrons. The first-order valence-electron chi connectivity index (χ1n) is 12.0. The number of hydrogen-bond donors (Lipinski definition) is 1. The van der Waals surface area contributed by atoms with Gasteiger partial charge in [0.1, 0.15) is 6.61 Å². The lowest BCUT2D eigenvalue weighted by molar-refractivity contribution is -0.143. The quantitative estimate of drug-likeness (QED) is 0.171. The van der Waals surface area contributed by atoms with Gasteiger partial charge in [0, 0.05) is 13.0 Å². The Balaban J connectivity index is 3.12. The lowest BCUT2D eigenvalue weighted by atomic mass is 10.0. The predicted molar refractivity (Wildman–Crippen MR) is 118 cm³/mol. The van der Waals surface area contributed by atoms with E-state index in [-0.39, 0.29) is 5.97 Å². The minimum Gasteiger partial charge on any atom is -0.464 e. The lowest BCUT2D eigenvalue weighted by Gasteiger charge is -2.06. The largest absolute Gasteiger partial charge is 0.464 e. The molecule has 0 aliphatic heterocycles. The van der Waals surface area contributed by atoms with Gasteiger partial charge in [0.2, 0.25) is 0 Å². The van der Waals surface area contributed by atoms with Gasteiger partial charge in [0.15, 0.2) is 0 Å². The van der Waals surface area contributed by atoms with Crippen LogP contribution in [0.25, 0.3) is 0 Å². The van der Waals surface area contributed by atoms with Crippen LogP contribution in [0.3, 0.4) is 0 Å².